The number of sulfonamides is 1. The highest BCUT2D eigenvalue weighted by Gasteiger charge is 2.20. The zero-order valence-electron chi connectivity index (χ0n) is 13.7. The van der Waals surface area contributed by atoms with Crippen molar-refractivity contribution in [2.24, 2.45) is 0 Å². The van der Waals surface area contributed by atoms with Crippen molar-refractivity contribution in [3.8, 4) is 0 Å². The second-order valence-corrected chi connectivity index (χ2v) is 7.72. The van der Waals surface area contributed by atoms with Gasteiger partial charge >= 0.3 is 0 Å². The van der Waals surface area contributed by atoms with Gasteiger partial charge in [-0.3, -0.25) is 4.79 Å². The van der Waals surface area contributed by atoms with Gasteiger partial charge in [0.25, 0.3) is 5.91 Å². The third kappa shape index (κ3) is 3.80. The van der Waals surface area contributed by atoms with Crippen LogP contribution in [0.25, 0.3) is 0 Å². The molecule has 2 rings (SSSR count). The molecule has 0 fully saturated rings. The maximum atomic E-state index is 13.7. The Labute approximate surface area is 141 Å². The van der Waals surface area contributed by atoms with Gasteiger partial charge in [0.15, 0.2) is 0 Å². The number of rotatable bonds is 5. The fraction of sp³-hybridized carbons (Fsp3) is 0.235. The first-order chi connectivity index (χ1) is 11.2. The molecular formula is C17H19FN2O3S. The molecule has 0 radical (unpaired) electrons. The van der Waals surface area contributed by atoms with E-state index in [-0.39, 0.29) is 28.7 Å². The summed E-state index contributed by atoms with van der Waals surface area (Å²) >= 11 is 0. The van der Waals surface area contributed by atoms with Gasteiger partial charge in [-0.25, -0.2) is 17.1 Å². The Bertz CT molecular complexity index is 850. The minimum absolute atomic E-state index is 0.0395. The molecule has 0 aliphatic rings. The summed E-state index contributed by atoms with van der Waals surface area (Å²) in [5.41, 5.74) is 0.627. The van der Waals surface area contributed by atoms with Gasteiger partial charge in [0.05, 0.1) is 4.90 Å². The van der Waals surface area contributed by atoms with E-state index in [1.807, 2.05) is 0 Å². The van der Waals surface area contributed by atoms with Crippen LogP contribution in [-0.4, -0.2) is 44.7 Å². The van der Waals surface area contributed by atoms with Crippen molar-refractivity contribution in [1.29, 1.82) is 0 Å². The third-order valence-corrected chi connectivity index (χ3v) is 5.38. The summed E-state index contributed by atoms with van der Waals surface area (Å²) in [7, 11) is 0.771. The summed E-state index contributed by atoms with van der Waals surface area (Å²) in [6.45, 7) is 0.0934. The Morgan fingerprint density at radius 1 is 1.04 bits per heavy atom. The number of hydrogen-bond donors (Lipinski definition) is 0. The summed E-state index contributed by atoms with van der Waals surface area (Å²) in [5, 5.41) is 0. The minimum atomic E-state index is -3.62. The molecule has 2 aromatic rings. The Hall–Kier alpha value is -2.25. The lowest BCUT2D eigenvalue weighted by Gasteiger charge is -2.18. The second kappa shape index (κ2) is 7.11. The van der Waals surface area contributed by atoms with E-state index < -0.39 is 10.0 Å². The number of hydrogen-bond acceptors (Lipinski definition) is 3. The quantitative estimate of drug-likeness (QED) is 0.832. The van der Waals surface area contributed by atoms with E-state index in [0.29, 0.717) is 5.56 Å². The van der Waals surface area contributed by atoms with Crippen LogP contribution in [0.4, 0.5) is 4.39 Å². The van der Waals surface area contributed by atoms with Gasteiger partial charge < -0.3 is 4.90 Å². The Morgan fingerprint density at radius 3 is 2.33 bits per heavy atom. The second-order valence-electron chi connectivity index (χ2n) is 5.57. The Balaban J connectivity index is 2.25. The normalized spacial score (nSPS) is 11.5. The number of benzene rings is 2. The third-order valence-electron chi connectivity index (χ3n) is 3.57. The smallest absolute Gasteiger partial charge is 0.253 e. The van der Waals surface area contributed by atoms with Crippen LogP contribution in [0.1, 0.15) is 15.9 Å². The predicted molar refractivity (Wildman–Crippen MR) is 89.5 cm³/mol. The van der Waals surface area contributed by atoms with E-state index >= 15 is 0 Å². The van der Waals surface area contributed by atoms with Gasteiger partial charge in [-0.2, -0.15) is 0 Å². The molecule has 0 atom stereocenters. The summed E-state index contributed by atoms with van der Waals surface area (Å²) < 4.78 is 39.1. The highest BCUT2D eigenvalue weighted by molar-refractivity contribution is 7.89. The summed E-state index contributed by atoms with van der Waals surface area (Å²) in [5.74, 6) is -0.768. The van der Waals surface area contributed by atoms with Crippen LogP contribution in [0.3, 0.4) is 0 Å². The van der Waals surface area contributed by atoms with E-state index in [4.69, 9.17) is 0 Å². The van der Waals surface area contributed by atoms with E-state index in [1.165, 1.54) is 49.3 Å². The first kappa shape index (κ1) is 18.1. The molecule has 2 aromatic carbocycles. The van der Waals surface area contributed by atoms with Crippen LogP contribution in [0.15, 0.2) is 53.4 Å². The molecule has 7 heteroatoms. The first-order valence-corrected chi connectivity index (χ1v) is 8.69. The number of amides is 1. The molecular weight excluding hydrogens is 331 g/mol. The molecule has 24 heavy (non-hydrogen) atoms. The molecule has 128 valence electrons. The van der Waals surface area contributed by atoms with Gasteiger partial charge in [-0.05, 0) is 24.3 Å². The van der Waals surface area contributed by atoms with Crippen molar-refractivity contribution >= 4 is 15.9 Å². The molecule has 0 heterocycles. The van der Waals surface area contributed by atoms with Gasteiger partial charge in [0.2, 0.25) is 10.0 Å². The summed E-state index contributed by atoms with van der Waals surface area (Å²) in [6.07, 6.45) is 0. The van der Waals surface area contributed by atoms with Crippen LogP contribution >= 0.6 is 0 Å². The maximum Gasteiger partial charge on any atom is 0.253 e. The van der Waals surface area contributed by atoms with Gasteiger partial charge in [0.1, 0.15) is 5.82 Å². The van der Waals surface area contributed by atoms with Crippen molar-refractivity contribution < 1.29 is 17.6 Å². The van der Waals surface area contributed by atoms with Crippen LogP contribution in [0.5, 0.6) is 0 Å². The summed E-state index contributed by atoms with van der Waals surface area (Å²) in [6, 6.07) is 12.0. The summed E-state index contributed by atoms with van der Waals surface area (Å²) in [4.78, 5) is 13.9. The molecule has 0 unspecified atom stereocenters. The van der Waals surface area contributed by atoms with E-state index in [0.717, 1.165) is 4.31 Å². The molecule has 1 amide bonds. The fourth-order valence-corrected chi connectivity index (χ4v) is 3.12. The fourth-order valence-electron chi connectivity index (χ4n) is 2.17. The van der Waals surface area contributed by atoms with Crippen molar-refractivity contribution in [3.63, 3.8) is 0 Å². The van der Waals surface area contributed by atoms with E-state index in [2.05, 4.69) is 0 Å². The predicted octanol–water partition coefficient (Wildman–Crippen LogP) is 2.35. The molecule has 0 N–H and O–H groups in total. The van der Waals surface area contributed by atoms with Crippen LogP contribution in [0, 0.1) is 5.82 Å². The maximum absolute atomic E-state index is 13.7. The molecule has 0 bridgehead atoms. The lowest BCUT2D eigenvalue weighted by molar-refractivity contribution is 0.0783. The molecule has 0 saturated heterocycles. The molecule has 0 saturated carbocycles. The lowest BCUT2D eigenvalue weighted by atomic mass is 10.1. The molecule has 0 spiro atoms. The van der Waals surface area contributed by atoms with E-state index in [9.17, 15) is 17.6 Å². The first-order valence-electron chi connectivity index (χ1n) is 7.25. The number of carbonyl (C=O) groups excluding carboxylic acids is 1. The Morgan fingerprint density at radius 2 is 1.71 bits per heavy atom. The van der Waals surface area contributed by atoms with Crippen LogP contribution < -0.4 is 0 Å². The van der Waals surface area contributed by atoms with Crippen LogP contribution in [0.2, 0.25) is 0 Å². The number of nitrogens with zero attached hydrogens (tertiary/aromatic N) is 2. The van der Waals surface area contributed by atoms with Crippen molar-refractivity contribution in [3.05, 3.63) is 65.5 Å². The molecule has 0 aromatic heterocycles. The van der Waals surface area contributed by atoms with Crippen molar-refractivity contribution in [1.82, 2.24) is 9.21 Å². The molecule has 0 aliphatic carbocycles. The SMILES string of the molecule is CN(Cc1ccccc1F)C(=O)c1cccc(S(=O)(=O)N(C)C)c1. The van der Waals surface area contributed by atoms with Crippen molar-refractivity contribution in [2.75, 3.05) is 21.1 Å². The monoisotopic (exact) mass is 350 g/mol. The molecule has 5 nitrogen and oxygen atoms in total. The standard InChI is InChI=1S/C17H19FN2O3S/c1-19(2)24(22,23)15-9-6-8-13(11-15)17(21)20(3)12-14-7-4-5-10-16(14)18/h4-11H,12H2,1-3H3. The average molecular weight is 350 g/mol. The zero-order chi connectivity index (χ0) is 17.9. The highest BCUT2D eigenvalue weighted by atomic mass is 32.2. The lowest BCUT2D eigenvalue weighted by Crippen LogP contribution is -2.27. The topological polar surface area (TPSA) is 57.7 Å². The minimum Gasteiger partial charge on any atom is -0.337 e. The Kier molecular flexibility index (Phi) is 5.36. The van der Waals surface area contributed by atoms with Gasteiger partial charge in [0, 0.05) is 38.8 Å². The average Bonchev–Trinajstić information content (AvgIpc) is 2.56. The zero-order valence-corrected chi connectivity index (χ0v) is 14.5. The van der Waals surface area contributed by atoms with Crippen molar-refractivity contribution in [2.45, 2.75) is 11.4 Å². The van der Waals surface area contributed by atoms with Crippen LogP contribution in [-0.2, 0) is 16.6 Å². The van der Waals surface area contributed by atoms with Gasteiger partial charge in [-0.1, -0.05) is 24.3 Å². The van der Waals surface area contributed by atoms with E-state index in [1.54, 1.807) is 25.2 Å². The molecule has 0 aliphatic heterocycles. The van der Waals surface area contributed by atoms with Gasteiger partial charge in [-0.15, -0.1) is 0 Å². The highest BCUT2D eigenvalue weighted by Crippen LogP contribution is 2.17. The number of carbonyl (C=O) groups is 1. The number of halogens is 1. The largest absolute Gasteiger partial charge is 0.337 e.